The van der Waals surface area contributed by atoms with Gasteiger partial charge in [0.25, 0.3) is 5.91 Å². The zero-order chi connectivity index (χ0) is 17.1. The average molecular weight is 394 g/mol. The van der Waals surface area contributed by atoms with E-state index in [9.17, 15) is 4.79 Å². The molecule has 3 heterocycles. The van der Waals surface area contributed by atoms with Gasteiger partial charge >= 0.3 is 0 Å². The summed E-state index contributed by atoms with van der Waals surface area (Å²) < 4.78 is 11.8. The van der Waals surface area contributed by atoms with E-state index in [4.69, 9.17) is 9.15 Å². The van der Waals surface area contributed by atoms with Crippen molar-refractivity contribution in [3.63, 3.8) is 0 Å². The number of halogens is 1. The Morgan fingerprint density at radius 3 is 2.71 bits per heavy atom. The van der Waals surface area contributed by atoms with E-state index in [2.05, 4.69) is 25.9 Å². The van der Waals surface area contributed by atoms with Gasteiger partial charge in [-0.25, -0.2) is 9.97 Å². The first-order valence-corrected chi connectivity index (χ1v) is 8.84. The second-order valence-corrected chi connectivity index (χ2v) is 6.98. The Bertz CT molecular complexity index is 693. The standard InChI is InChI=1S/C17H20BrN3O3/c1-11(2)21(15-4-3-13(18)9-19-15)17(22)14-10-24-16(20-14)12-5-7-23-8-6-12/h3-4,9-12H,5-8H2,1-2H3. The summed E-state index contributed by atoms with van der Waals surface area (Å²) in [5.74, 6) is 1.23. The topological polar surface area (TPSA) is 68.5 Å². The van der Waals surface area contributed by atoms with Crippen molar-refractivity contribution >= 4 is 27.7 Å². The summed E-state index contributed by atoms with van der Waals surface area (Å²) in [6.07, 6.45) is 4.86. The van der Waals surface area contributed by atoms with Crippen LogP contribution >= 0.6 is 15.9 Å². The van der Waals surface area contributed by atoms with E-state index in [1.54, 1.807) is 17.2 Å². The van der Waals surface area contributed by atoms with Gasteiger partial charge < -0.3 is 9.15 Å². The van der Waals surface area contributed by atoms with Crippen LogP contribution in [0.2, 0.25) is 0 Å². The van der Waals surface area contributed by atoms with Gasteiger partial charge in [0.15, 0.2) is 11.6 Å². The zero-order valence-electron chi connectivity index (χ0n) is 13.7. The van der Waals surface area contributed by atoms with Crippen LogP contribution in [0, 0.1) is 0 Å². The van der Waals surface area contributed by atoms with Gasteiger partial charge in [-0.1, -0.05) is 0 Å². The molecule has 1 aliphatic rings. The predicted octanol–water partition coefficient (Wildman–Crippen LogP) is 3.78. The predicted molar refractivity (Wildman–Crippen MR) is 93.2 cm³/mol. The van der Waals surface area contributed by atoms with Crippen molar-refractivity contribution in [3.05, 3.63) is 40.7 Å². The fourth-order valence-corrected chi connectivity index (χ4v) is 2.99. The minimum atomic E-state index is -0.207. The number of hydrogen-bond acceptors (Lipinski definition) is 5. The van der Waals surface area contributed by atoms with E-state index in [1.165, 1.54) is 6.26 Å². The van der Waals surface area contributed by atoms with Crippen LogP contribution < -0.4 is 4.90 Å². The molecule has 2 aromatic rings. The van der Waals surface area contributed by atoms with Crippen LogP contribution in [0.3, 0.4) is 0 Å². The molecule has 0 aromatic carbocycles. The van der Waals surface area contributed by atoms with E-state index in [-0.39, 0.29) is 17.9 Å². The first-order chi connectivity index (χ1) is 11.6. The third-order valence-electron chi connectivity index (χ3n) is 4.01. The molecule has 1 aliphatic heterocycles. The third kappa shape index (κ3) is 3.67. The highest BCUT2D eigenvalue weighted by Crippen LogP contribution is 2.27. The Morgan fingerprint density at radius 2 is 2.08 bits per heavy atom. The number of pyridine rings is 1. The lowest BCUT2D eigenvalue weighted by Crippen LogP contribution is -2.37. The van der Waals surface area contributed by atoms with Crippen molar-refractivity contribution < 1.29 is 13.9 Å². The monoisotopic (exact) mass is 393 g/mol. The average Bonchev–Trinajstić information content (AvgIpc) is 3.07. The van der Waals surface area contributed by atoms with Crippen molar-refractivity contribution in [2.24, 2.45) is 0 Å². The maximum atomic E-state index is 12.9. The highest BCUT2D eigenvalue weighted by molar-refractivity contribution is 9.10. The molecular weight excluding hydrogens is 374 g/mol. The van der Waals surface area contributed by atoms with E-state index in [0.29, 0.717) is 30.6 Å². The van der Waals surface area contributed by atoms with Crippen molar-refractivity contribution in [2.75, 3.05) is 18.1 Å². The zero-order valence-corrected chi connectivity index (χ0v) is 15.3. The number of hydrogen-bond donors (Lipinski definition) is 0. The third-order valence-corrected chi connectivity index (χ3v) is 4.47. The minimum Gasteiger partial charge on any atom is -0.448 e. The summed E-state index contributed by atoms with van der Waals surface area (Å²) in [6.45, 7) is 5.30. The number of oxazole rings is 1. The van der Waals surface area contributed by atoms with Crippen LogP contribution in [0.15, 0.2) is 33.5 Å². The number of aromatic nitrogens is 2. The lowest BCUT2D eigenvalue weighted by atomic mass is 10.0. The maximum Gasteiger partial charge on any atom is 0.281 e. The van der Waals surface area contributed by atoms with Crippen LogP contribution in [0.5, 0.6) is 0 Å². The van der Waals surface area contributed by atoms with Crippen LogP contribution in [0.1, 0.15) is 49.0 Å². The molecule has 24 heavy (non-hydrogen) atoms. The first-order valence-electron chi connectivity index (χ1n) is 8.04. The van der Waals surface area contributed by atoms with Gasteiger partial charge in [0.2, 0.25) is 0 Å². The molecule has 3 rings (SSSR count). The van der Waals surface area contributed by atoms with Crippen molar-refractivity contribution in [3.8, 4) is 0 Å². The summed E-state index contributed by atoms with van der Waals surface area (Å²) in [5, 5.41) is 0. The number of amides is 1. The Labute approximate surface area is 149 Å². The second kappa shape index (κ2) is 7.44. The molecule has 7 heteroatoms. The van der Waals surface area contributed by atoms with Gasteiger partial charge in [-0.15, -0.1) is 0 Å². The molecule has 0 saturated carbocycles. The van der Waals surface area contributed by atoms with Gasteiger partial charge in [0, 0.05) is 35.8 Å². The smallest absolute Gasteiger partial charge is 0.281 e. The van der Waals surface area contributed by atoms with Crippen LogP contribution in [-0.4, -0.2) is 35.1 Å². The molecule has 128 valence electrons. The van der Waals surface area contributed by atoms with Crippen molar-refractivity contribution in [1.82, 2.24) is 9.97 Å². The Balaban J connectivity index is 1.82. The van der Waals surface area contributed by atoms with Gasteiger partial charge in [0.1, 0.15) is 12.1 Å². The van der Waals surface area contributed by atoms with Crippen LogP contribution in [0.25, 0.3) is 0 Å². The molecule has 1 fully saturated rings. The molecule has 0 bridgehead atoms. The Morgan fingerprint density at radius 1 is 1.33 bits per heavy atom. The molecule has 0 spiro atoms. The number of ether oxygens (including phenoxy) is 1. The van der Waals surface area contributed by atoms with E-state index in [0.717, 1.165) is 17.3 Å². The van der Waals surface area contributed by atoms with Crippen LogP contribution in [0.4, 0.5) is 5.82 Å². The molecule has 1 saturated heterocycles. The summed E-state index contributed by atoms with van der Waals surface area (Å²) in [7, 11) is 0. The molecule has 6 nitrogen and oxygen atoms in total. The summed E-state index contributed by atoms with van der Waals surface area (Å²) in [6, 6.07) is 3.62. The van der Waals surface area contributed by atoms with E-state index >= 15 is 0 Å². The first kappa shape index (κ1) is 17.1. The highest BCUT2D eigenvalue weighted by Gasteiger charge is 2.27. The van der Waals surface area contributed by atoms with Gasteiger partial charge in [-0.2, -0.15) is 0 Å². The van der Waals surface area contributed by atoms with Gasteiger partial charge in [-0.05, 0) is 54.8 Å². The molecule has 1 amide bonds. The molecule has 2 aromatic heterocycles. The number of rotatable bonds is 4. The summed E-state index contributed by atoms with van der Waals surface area (Å²) in [5.41, 5.74) is 0.315. The normalized spacial score (nSPS) is 15.7. The lowest BCUT2D eigenvalue weighted by molar-refractivity contribution is 0.0794. The SMILES string of the molecule is CC(C)N(C(=O)c1coc(C2CCOCC2)n1)c1ccc(Br)cn1. The fraction of sp³-hybridized carbons (Fsp3) is 0.471. The molecule has 0 atom stereocenters. The van der Waals surface area contributed by atoms with E-state index in [1.807, 2.05) is 19.9 Å². The van der Waals surface area contributed by atoms with Crippen LogP contribution in [-0.2, 0) is 4.74 Å². The van der Waals surface area contributed by atoms with Crippen molar-refractivity contribution in [2.45, 2.75) is 38.6 Å². The quantitative estimate of drug-likeness (QED) is 0.790. The maximum absolute atomic E-state index is 12.9. The molecule has 0 aliphatic carbocycles. The van der Waals surface area contributed by atoms with Gasteiger partial charge in [-0.3, -0.25) is 9.69 Å². The van der Waals surface area contributed by atoms with Gasteiger partial charge in [0.05, 0.1) is 0 Å². The second-order valence-electron chi connectivity index (χ2n) is 6.06. The summed E-state index contributed by atoms with van der Waals surface area (Å²) in [4.78, 5) is 23.3. The Kier molecular flexibility index (Phi) is 5.30. The molecular formula is C17H20BrN3O3. The lowest BCUT2D eigenvalue weighted by Gasteiger charge is -2.24. The van der Waals surface area contributed by atoms with Crippen molar-refractivity contribution in [1.29, 1.82) is 0 Å². The molecule has 0 unspecified atom stereocenters. The largest absolute Gasteiger partial charge is 0.448 e. The number of nitrogens with zero attached hydrogens (tertiary/aromatic N) is 3. The Hall–Kier alpha value is -1.73. The number of carbonyl (C=O) groups is 1. The number of carbonyl (C=O) groups excluding carboxylic acids is 1. The molecule has 0 radical (unpaired) electrons. The number of anilines is 1. The fourth-order valence-electron chi connectivity index (χ4n) is 2.75. The highest BCUT2D eigenvalue weighted by atomic mass is 79.9. The minimum absolute atomic E-state index is 0.0468. The summed E-state index contributed by atoms with van der Waals surface area (Å²) >= 11 is 3.36. The van der Waals surface area contributed by atoms with E-state index < -0.39 is 0 Å². The molecule has 0 N–H and O–H groups in total.